The Balaban J connectivity index is 3.70. The lowest BCUT2D eigenvalue weighted by atomic mass is 10.2. The maximum Gasteiger partial charge on any atom is 0.428 e. The summed E-state index contributed by atoms with van der Waals surface area (Å²) in [5, 5.41) is 12.3. The molecule has 0 aromatic carbocycles. The first-order valence-corrected chi connectivity index (χ1v) is 4.30. The smallest absolute Gasteiger partial charge is 0.428 e. The molecule has 1 amide bonds. The van der Waals surface area contributed by atoms with Crippen LogP contribution in [0, 0.1) is 0 Å². The van der Waals surface area contributed by atoms with Gasteiger partial charge in [0.2, 0.25) is 0 Å². The summed E-state index contributed by atoms with van der Waals surface area (Å²) in [6.07, 6.45) is 3.84. The third kappa shape index (κ3) is 5.87. The van der Waals surface area contributed by atoms with Crippen molar-refractivity contribution >= 4 is 12.2 Å². The second kappa shape index (κ2) is 7.31. The van der Waals surface area contributed by atoms with Crippen LogP contribution >= 0.6 is 0 Å². The van der Waals surface area contributed by atoms with E-state index in [-0.39, 0.29) is 6.54 Å². The van der Waals surface area contributed by atoms with Gasteiger partial charge >= 0.3 is 6.09 Å². The van der Waals surface area contributed by atoms with Crippen molar-refractivity contribution in [1.82, 2.24) is 5.01 Å². The maximum atomic E-state index is 10.4. The lowest BCUT2D eigenvalue weighted by Crippen LogP contribution is -2.24. The van der Waals surface area contributed by atoms with Crippen LogP contribution in [0.3, 0.4) is 0 Å². The molecule has 5 nitrogen and oxygen atoms in total. The van der Waals surface area contributed by atoms with E-state index < -0.39 is 6.09 Å². The van der Waals surface area contributed by atoms with Crippen LogP contribution in [0.25, 0.3) is 0 Å². The van der Waals surface area contributed by atoms with E-state index >= 15 is 0 Å². The zero-order valence-corrected chi connectivity index (χ0v) is 7.69. The molecule has 0 aliphatic heterocycles. The standard InChI is InChI=1S/C8H14N2O3/c1-2-3-4-5-6-10(8(12)13)9-7-11/h2-6H2,1H3,(H,12,13). The summed E-state index contributed by atoms with van der Waals surface area (Å²) in [7, 11) is 0. The molecule has 0 fully saturated rings. The van der Waals surface area contributed by atoms with Gasteiger partial charge < -0.3 is 5.11 Å². The number of rotatable bonds is 6. The quantitative estimate of drug-likeness (QED) is 0.297. The highest BCUT2D eigenvalue weighted by atomic mass is 16.4. The van der Waals surface area contributed by atoms with Crippen molar-refractivity contribution in [3.8, 4) is 0 Å². The molecule has 0 aliphatic rings. The van der Waals surface area contributed by atoms with E-state index in [1.807, 2.05) is 0 Å². The average molecular weight is 186 g/mol. The first-order chi connectivity index (χ1) is 6.22. The highest BCUT2D eigenvalue weighted by Crippen LogP contribution is 2.01. The lowest BCUT2D eigenvalue weighted by Gasteiger charge is -2.09. The molecule has 0 atom stereocenters. The zero-order chi connectivity index (χ0) is 10.1. The number of hydrogen-bond donors (Lipinski definition) is 1. The van der Waals surface area contributed by atoms with Gasteiger partial charge in [-0.3, -0.25) is 0 Å². The molecule has 0 heterocycles. The van der Waals surface area contributed by atoms with Crippen molar-refractivity contribution in [2.24, 2.45) is 5.10 Å². The van der Waals surface area contributed by atoms with E-state index in [0.717, 1.165) is 25.7 Å². The van der Waals surface area contributed by atoms with Gasteiger partial charge in [-0.2, -0.15) is 5.01 Å². The van der Waals surface area contributed by atoms with Gasteiger partial charge in [-0.05, 0) is 6.42 Å². The molecular weight excluding hydrogens is 172 g/mol. The van der Waals surface area contributed by atoms with Gasteiger partial charge in [0, 0.05) is 6.54 Å². The molecular formula is C8H14N2O3. The fourth-order valence-corrected chi connectivity index (χ4v) is 0.926. The van der Waals surface area contributed by atoms with Gasteiger partial charge in [-0.1, -0.05) is 31.3 Å². The molecule has 0 aromatic heterocycles. The first kappa shape index (κ1) is 11.6. The summed E-state index contributed by atoms with van der Waals surface area (Å²) >= 11 is 0. The number of carbonyl (C=O) groups is 1. The van der Waals surface area contributed by atoms with Crippen LogP contribution in [0.15, 0.2) is 5.10 Å². The molecule has 0 spiro atoms. The number of carbonyl (C=O) groups excluding carboxylic acids is 1. The molecule has 0 unspecified atom stereocenters. The summed E-state index contributed by atoms with van der Waals surface area (Å²) < 4.78 is 0. The predicted molar refractivity (Wildman–Crippen MR) is 47.0 cm³/mol. The van der Waals surface area contributed by atoms with E-state index in [4.69, 9.17) is 5.11 Å². The Bertz CT molecular complexity index is 198. The van der Waals surface area contributed by atoms with Gasteiger partial charge in [0.15, 0.2) is 0 Å². The largest absolute Gasteiger partial charge is 0.464 e. The number of amides is 1. The molecule has 5 heteroatoms. The molecule has 0 rings (SSSR count). The molecule has 13 heavy (non-hydrogen) atoms. The number of hydrazone groups is 1. The molecule has 0 saturated heterocycles. The van der Waals surface area contributed by atoms with E-state index in [9.17, 15) is 9.59 Å². The lowest BCUT2D eigenvalue weighted by molar-refractivity contribution is 0.146. The minimum absolute atomic E-state index is 0.268. The molecule has 0 saturated carbocycles. The Labute approximate surface area is 77.0 Å². The van der Waals surface area contributed by atoms with Crippen molar-refractivity contribution in [2.75, 3.05) is 6.54 Å². The Kier molecular flexibility index (Phi) is 6.55. The number of nitrogens with zero attached hydrogens (tertiary/aromatic N) is 2. The van der Waals surface area contributed by atoms with Crippen LogP contribution in [-0.4, -0.2) is 28.8 Å². The topological polar surface area (TPSA) is 70.0 Å². The third-order valence-corrected chi connectivity index (χ3v) is 1.61. The molecule has 0 aliphatic carbocycles. The number of unbranched alkanes of at least 4 members (excludes halogenated alkanes) is 3. The predicted octanol–water partition coefficient (Wildman–Crippen LogP) is 1.80. The van der Waals surface area contributed by atoms with Crippen molar-refractivity contribution in [2.45, 2.75) is 32.6 Å². The van der Waals surface area contributed by atoms with E-state index in [1.54, 1.807) is 0 Å². The van der Waals surface area contributed by atoms with Crippen molar-refractivity contribution < 1.29 is 14.7 Å². The fourth-order valence-electron chi connectivity index (χ4n) is 0.926. The highest BCUT2D eigenvalue weighted by Gasteiger charge is 2.08. The van der Waals surface area contributed by atoms with Gasteiger partial charge in [-0.15, -0.1) is 0 Å². The fraction of sp³-hybridized carbons (Fsp3) is 0.750. The van der Waals surface area contributed by atoms with Crippen LogP contribution in [0.5, 0.6) is 0 Å². The maximum absolute atomic E-state index is 10.4. The minimum atomic E-state index is -1.21. The Hall–Kier alpha value is -1.35. The van der Waals surface area contributed by atoms with Crippen molar-refractivity contribution in [1.29, 1.82) is 0 Å². The van der Waals surface area contributed by atoms with Crippen LogP contribution < -0.4 is 0 Å². The van der Waals surface area contributed by atoms with E-state index in [1.165, 1.54) is 6.08 Å². The summed E-state index contributed by atoms with van der Waals surface area (Å²) in [5.41, 5.74) is 0. The normalized spacial score (nSPS) is 9.00. The zero-order valence-electron chi connectivity index (χ0n) is 7.69. The molecule has 0 bridgehead atoms. The van der Waals surface area contributed by atoms with Crippen molar-refractivity contribution in [3.63, 3.8) is 0 Å². The average Bonchev–Trinajstić information content (AvgIpc) is 2.10. The number of isocyanates is 1. The first-order valence-electron chi connectivity index (χ1n) is 4.30. The van der Waals surface area contributed by atoms with Gasteiger partial charge in [0.25, 0.3) is 6.08 Å². The van der Waals surface area contributed by atoms with Crippen molar-refractivity contribution in [3.05, 3.63) is 0 Å². The van der Waals surface area contributed by atoms with Gasteiger partial charge in [0.05, 0.1) is 0 Å². The van der Waals surface area contributed by atoms with E-state index in [0.29, 0.717) is 5.01 Å². The second-order valence-electron chi connectivity index (χ2n) is 2.66. The summed E-state index contributed by atoms with van der Waals surface area (Å²) in [5.74, 6) is 0. The number of carboxylic acid groups (broad SMARTS) is 1. The minimum Gasteiger partial charge on any atom is -0.464 e. The highest BCUT2D eigenvalue weighted by molar-refractivity contribution is 5.65. The number of hydrogen-bond acceptors (Lipinski definition) is 3. The summed E-state index contributed by atoms with van der Waals surface area (Å²) in [6.45, 7) is 2.34. The summed E-state index contributed by atoms with van der Waals surface area (Å²) in [6, 6.07) is 0. The van der Waals surface area contributed by atoms with Crippen LogP contribution in [0.2, 0.25) is 0 Å². The molecule has 0 aromatic rings. The van der Waals surface area contributed by atoms with Gasteiger partial charge in [-0.25, -0.2) is 9.59 Å². The summed E-state index contributed by atoms with van der Waals surface area (Å²) in [4.78, 5) is 20.2. The SMILES string of the molecule is CCCCCCN(N=C=O)C(=O)O. The van der Waals surface area contributed by atoms with Gasteiger partial charge in [0.1, 0.15) is 0 Å². The van der Waals surface area contributed by atoms with E-state index in [2.05, 4.69) is 12.0 Å². The van der Waals surface area contributed by atoms with Crippen LogP contribution in [0.1, 0.15) is 32.6 Å². The van der Waals surface area contributed by atoms with Crippen LogP contribution in [0.4, 0.5) is 4.79 Å². The Morgan fingerprint density at radius 3 is 2.62 bits per heavy atom. The van der Waals surface area contributed by atoms with Crippen LogP contribution in [-0.2, 0) is 4.79 Å². The Morgan fingerprint density at radius 2 is 2.15 bits per heavy atom. The Morgan fingerprint density at radius 1 is 1.46 bits per heavy atom. The molecule has 1 N–H and O–H groups in total. The monoisotopic (exact) mass is 186 g/mol. The third-order valence-electron chi connectivity index (χ3n) is 1.61. The second-order valence-corrected chi connectivity index (χ2v) is 2.66. The molecule has 0 radical (unpaired) electrons. The molecule has 74 valence electrons.